The summed E-state index contributed by atoms with van der Waals surface area (Å²) in [6.07, 6.45) is 2.19. The number of aromatic nitrogens is 1. The molecule has 0 fully saturated rings. The fourth-order valence-corrected chi connectivity index (χ4v) is 4.56. The van der Waals surface area contributed by atoms with Gasteiger partial charge in [-0.25, -0.2) is 13.4 Å². The van der Waals surface area contributed by atoms with Crippen LogP contribution in [-0.2, 0) is 10.0 Å². The molecule has 2 N–H and O–H groups in total. The maximum Gasteiger partial charge on any atom is 0.235 e. The Morgan fingerprint density at radius 3 is 2.92 bits per heavy atom. The standard InChI is InChI=1S/C16H18BrN3O3S/c1-2-7-24(21,22)20-5-6-23-15-4-3-11(8-14(15)20)13-9-12(17)10-19-16(13)18/h3-4,8-10H,2,5-7H2,1H3,(H2,18,19). The fraction of sp³-hybridized carbons (Fsp3) is 0.312. The van der Waals surface area contributed by atoms with E-state index in [2.05, 4.69) is 20.9 Å². The summed E-state index contributed by atoms with van der Waals surface area (Å²) in [5.74, 6) is 1.06. The molecule has 8 heteroatoms. The van der Waals surface area contributed by atoms with E-state index in [1.807, 2.05) is 19.1 Å². The number of hydrogen-bond donors (Lipinski definition) is 1. The lowest BCUT2D eigenvalue weighted by Crippen LogP contribution is -2.39. The van der Waals surface area contributed by atoms with Gasteiger partial charge in [-0.1, -0.05) is 13.0 Å². The van der Waals surface area contributed by atoms with Crippen molar-refractivity contribution in [2.24, 2.45) is 0 Å². The molecular weight excluding hydrogens is 394 g/mol. The number of nitrogens with zero attached hydrogens (tertiary/aromatic N) is 2. The average molecular weight is 412 g/mol. The van der Waals surface area contributed by atoms with Crippen LogP contribution in [0.15, 0.2) is 34.9 Å². The van der Waals surface area contributed by atoms with E-state index in [4.69, 9.17) is 10.5 Å². The highest BCUT2D eigenvalue weighted by Crippen LogP contribution is 2.38. The summed E-state index contributed by atoms with van der Waals surface area (Å²) < 4.78 is 32.9. The monoisotopic (exact) mass is 411 g/mol. The number of anilines is 2. The summed E-state index contributed by atoms with van der Waals surface area (Å²) in [5.41, 5.74) is 8.05. The number of ether oxygens (including phenoxy) is 1. The maximum absolute atomic E-state index is 12.5. The van der Waals surface area contributed by atoms with Gasteiger partial charge in [0.25, 0.3) is 0 Å². The van der Waals surface area contributed by atoms with Crippen LogP contribution in [0, 0.1) is 0 Å². The number of pyridine rings is 1. The Morgan fingerprint density at radius 2 is 2.17 bits per heavy atom. The van der Waals surface area contributed by atoms with Crippen molar-refractivity contribution < 1.29 is 13.2 Å². The Balaban J connectivity index is 2.10. The predicted molar refractivity (Wildman–Crippen MR) is 98.7 cm³/mol. The van der Waals surface area contributed by atoms with E-state index in [9.17, 15) is 8.42 Å². The Bertz CT molecular complexity index is 871. The minimum atomic E-state index is -3.37. The van der Waals surface area contributed by atoms with Crippen molar-refractivity contribution in [3.63, 3.8) is 0 Å². The summed E-state index contributed by atoms with van der Waals surface area (Å²) in [4.78, 5) is 4.13. The van der Waals surface area contributed by atoms with Crippen LogP contribution in [-0.4, -0.2) is 32.3 Å². The largest absolute Gasteiger partial charge is 0.489 e. The molecule has 2 heterocycles. The maximum atomic E-state index is 12.5. The van der Waals surface area contributed by atoms with Crippen LogP contribution in [0.5, 0.6) is 5.75 Å². The van der Waals surface area contributed by atoms with E-state index < -0.39 is 10.0 Å². The number of hydrogen-bond acceptors (Lipinski definition) is 5. The molecule has 0 aliphatic carbocycles. The molecule has 0 unspecified atom stereocenters. The zero-order valence-corrected chi connectivity index (χ0v) is 15.6. The lowest BCUT2D eigenvalue weighted by atomic mass is 10.1. The van der Waals surface area contributed by atoms with Gasteiger partial charge in [0.05, 0.1) is 18.0 Å². The average Bonchev–Trinajstić information content (AvgIpc) is 2.56. The second kappa shape index (κ2) is 6.60. The zero-order chi connectivity index (χ0) is 17.3. The van der Waals surface area contributed by atoms with Gasteiger partial charge in [0.2, 0.25) is 10.0 Å². The molecule has 1 aliphatic rings. The third-order valence-electron chi connectivity index (χ3n) is 3.77. The highest BCUT2D eigenvalue weighted by atomic mass is 79.9. The summed E-state index contributed by atoms with van der Waals surface area (Å²) in [6.45, 7) is 2.50. The molecule has 0 saturated carbocycles. The number of nitrogens with two attached hydrogens (primary N) is 1. The van der Waals surface area contributed by atoms with Crippen molar-refractivity contribution in [3.8, 4) is 16.9 Å². The van der Waals surface area contributed by atoms with Crippen LogP contribution in [0.1, 0.15) is 13.3 Å². The topological polar surface area (TPSA) is 85.5 Å². The molecule has 1 aromatic carbocycles. The molecule has 2 aromatic rings. The highest BCUT2D eigenvalue weighted by Gasteiger charge is 2.28. The number of sulfonamides is 1. The molecule has 0 radical (unpaired) electrons. The van der Waals surface area contributed by atoms with Crippen LogP contribution in [0.3, 0.4) is 0 Å². The SMILES string of the molecule is CCCS(=O)(=O)N1CCOc2ccc(-c3cc(Br)cnc3N)cc21. The van der Waals surface area contributed by atoms with Crippen molar-refractivity contribution >= 4 is 37.5 Å². The summed E-state index contributed by atoms with van der Waals surface area (Å²) in [7, 11) is -3.37. The van der Waals surface area contributed by atoms with E-state index in [1.54, 1.807) is 18.3 Å². The van der Waals surface area contributed by atoms with E-state index in [-0.39, 0.29) is 5.75 Å². The van der Waals surface area contributed by atoms with Gasteiger partial charge in [-0.2, -0.15) is 0 Å². The van der Waals surface area contributed by atoms with Gasteiger partial charge in [-0.05, 0) is 46.1 Å². The van der Waals surface area contributed by atoms with Crippen LogP contribution in [0.25, 0.3) is 11.1 Å². The Hall–Kier alpha value is -1.80. The lowest BCUT2D eigenvalue weighted by molar-refractivity contribution is 0.316. The molecule has 24 heavy (non-hydrogen) atoms. The van der Waals surface area contributed by atoms with Crippen molar-refractivity contribution in [2.75, 3.05) is 28.9 Å². The Labute approximate surface area is 149 Å². The van der Waals surface area contributed by atoms with Crippen LogP contribution in [0.4, 0.5) is 11.5 Å². The molecule has 1 aliphatic heterocycles. The fourth-order valence-electron chi connectivity index (χ4n) is 2.70. The quantitative estimate of drug-likeness (QED) is 0.835. The van der Waals surface area contributed by atoms with E-state index in [0.29, 0.717) is 36.8 Å². The number of halogens is 1. The van der Waals surface area contributed by atoms with Crippen molar-refractivity contribution in [2.45, 2.75) is 13.3 Å². The third kappa shape index (κ3) is 3.21. The number of benzene rings is 1. The molecule has 1 aromatic heterocycles. The zero-order valence-electron chi connectivity index (χ0n) is 13.2. The van der Waals surface area contributed by atoms with E-state index >= 15 is 0 Å². The Kier molecular flexibility index (Phi) is 4.69. The first-order valence-corrected chi connectivity index (χ1v) is 10.0. The normalized spacial score (nSPS) is 14.2. The molecule has 0 spiro atoms. The van der Waals surface area contributed by atoms with Gasteiger partial charge in [-0.3, -0.25) is 4.31 Å². The summed E-state index contributed by atoms with van der Waals surface area (Å²) in [6, 6.07) is 7.29. The molecule has 0 saturated heterocycles. The smallest absolute Gasteiger partial charge is 0.235 e. The number of rotatable bonds is 4. The first kappa shape index (κ1) is 17.0. The molecule has 0 bridgehead atoms. The van der Waals surface area contributed by atoms with Crippen molar-refractivity contribution in [1.82, 2.24) is 4.98 Å². The minimum Gasteiger partial charge on any atom is -0.489 e. The number of fused-ring (bicyclic) bond motifs is 1. The first-order chi connectivity index (χ1) is 11.4. The van der Waals surface area contributed by atoms with Crippen LogP contribution < -0.4 is 14.8 Å². The van der Waals surface area contributed by atoms with Gasteiger partial charge < -0.3 is 10.5 Å². The van der Waals surface area contributed by atoms with Gasteiger partial charge in [-0.15, -0.1) is 0 Å². The second-order valence-corrected chi connectivity index (χ2v) is 8.43. The third-order valence-corrected chi connectivity index (χ3v) is 6.18. The predicted octanol–water partition coefficient (Wildman–Crippen LogP) is 3.03. The molecule has 0 atom stereocenters. The summed E-state index contributed by atoms with van der Waals surface area (Å²) in [5, 5.41) is 0. The number of nitrogen functional groups attached to an aromatic ring is 1. The van der Waals surface area contributed by atoms with Crippen LogP contribution in [0.2, 0.25) is 0 Å². The van der Waals surface area contributed by atoms with Crippen LogP contribution >= 0.6 is 15.9 Å². The van der Waals surface area contributed by atoms with Gasteiger partial charge in [0, 0.05) is 16.2 Å². The van der Waals surface area contributed by atoms with Crippen molar-refractivity contribution in [1.29, 1.82) is 0 Å². The second-order valence-electron chi connectivity index (χ2n) is 5.51. The molecular formula is C16H18BrN3O3S. The summed E-state index contributed by atoms with van der Waals surface area (Å²) >= 11 is 3.38. The minimum absolute atomic E-state index is 0.108. The van der Waals surface area contributed by atoms with Gasteiger partial charge >= 0.3 is 0 Å². The van der Waals surface area contributed by atoms with Crippen molar-refractivity contribution in [3.05, 3.63) is 34.9 Å². The van der Waals surface area contributed by atoms with E-state index in [1.165, 1.54) is 4.31 Å². The lowest BCUT2D eigenvalue weighted by Gasteiger charge is -2.30. The van der Waals surface area contributed by atoms with Gasteiger partial charge in [0.1, 0.15) is 18.2 Å². The highest BCUT2D eigenvalue weighted by molar-refractivity contribution is 9.10. The molecule has 3 rings (SSSR count). The molecule has 0 amide bonds. The Morgan fingerprint density at radius 1 is 1.38 bits per heavy atom. The first-order valence-electron chi connectivity index (χ1n) is 7.61. The molecule has 128 valence electrons. The van der Waals surface area contributed by atoms with Gasteiger partial charge in [0.15, 0.2) is 0 Å². The van der Waals surface area contributed by atoms with E-state index in [0.717, 1.165) is 15.6 Å². The molecule has 6 nitrogen and oxygen atoms in total.